The number of benzene rings is 1. The van der Waals surface area contributed by atoms with Gasteiger partial charge in [0.05, 0.1) is 11.3 Å². The SMILES string of the molecule is Cc1sc(NC(=O)CCN2C(=O)[C@@H](C)Oc3ccccc32)c(C#N)c1C. The number of ether oxygens (including phenoxy) is 1. The molecule has 2 aromatic rings. The Labute approximate surface area is 156 Å². The number of thiophene rings is 1. The minimum Gasteiger partial charge on any atom is -0.479 e. The predicted octanol–water partition coefficient (Wildman–Crippen LogP) is 3.38. The van der Waals surface area contributed by atoms with Crippen LogP contribution in [0.15, 0.2) is 24.3 Å². The number of carbonyl (C=O) groups is 2. The summed E-state index contributed by atoms with van der Waals surface area (Å²) in [7, 11) is 0. The molecule has 0 aliphatic carbocycles. The second-order valence-electron chi connectivity index (χ2n) is 6.12. The van der Waals surface area contributed by atoms with Gasteiger partial charge in [0.1, 0.15) is 16.8 Å². The van der Waals surface area contributed by atoms with Gasteiger partial charge in [-0.25, -0.2) is 0 Å². The zero-order valence-corrected chi connectivity index (χ0v) is 15.6. The van der Waals surface area contributed by atoms with E-state index in [9.17, 15) is 14.9 Å². The number of nitriles is 1. The van der Waals surface area contributed by atoms with Crippen molar-refractivity contribution < 1.29 is 14.3 Å². The quantitative estimate of drug-likeness (QED) is 0.896. The highest BCUT2D eigenvalue weighted by molar-refractivity contribution is 7.16. The first-order chi connectivity index (χ1) is 12.4. The minimum atomic E-state index is -0.583. The summed E-state index contributed by atoms with van der Waals surface area (Å²) in [5, 5.41) is 12.6. The van der Waals surface area contributed by atoms with E-state index in [1.807, 2.05) is 32.0 Å². The van der Waals surface area contributed by atoms with E-state index < -0.39 is 6.10 Å². The standard InChI is InChI=1S/C19H19N3O3S/c1-11-13(3)26-18(14(11)10-20)21-17(23)8-9-22-15-6-4-5-7-16(15)25-12(2)19(22)24/h4-7,12H,8-9H2,1-3H3,(H,21,23)/t12-/m1/s1. The molecular weight excluding hydrogens is 350 g/mol. The minimum absolute atomic E-state index is 0.133. The van der Waals surface area contributed by atoms with E-state index >= 15 is 0 Å². The first-order valence-corrected chi connectivity index (χ1v) is 9.11. The van der Waals surface area contributed by atoms with Gasteiger partial charge in [-0.05, 0) is 38.5 Å². The fraction of sp³-hybridized carbons (Fsp3) is 0.316. The summed E-state index contributed by atoms with van der Waals surface area (Å²) in [6, 6.07) is 9.42. The molecule has 6 nitrogen and oxygen atoms in total. The molecule has 2 heterocycles. The molecule has 26 heavy (non-hydrogen) atoms. The maximum Gasteiger partial charge on any atom is 0.267 e. The maximum atomic E-state index is 12.4. The molecule has 0 spiro atoms. The predicted molar refractivity (Wildman–Crippen MR) is 101 cm³/mol. The van der Waals surface area contributed by atoms with E-state index in [2.05, 4.69) is 11.4 Å². The Bertz CT molecular complexity index is 913. The lowest BCUT2D eigenvalue weighted by Gasteiger charge is -2.32. The van der Waals surface area contributed by atoms with Crippen molar-refractivity contribution in [2.24, 2.45) is 0 Å². The lowest BCUT2D eigenvalue weighted by atomic mass is 10.1. The summed E-state index contributed by atoms with van der Waals surface area (Å²) < 4.78 is 5.60. The number of hydrogen-bond donors (Lipinski definition) is 1. The molecule has 1 aromatic heterocycles. The molecule has 0 radical (unpaired) electrons. The Morgan fingerprint density at radius 3 is 2.85 bits per heavy atom. The van der Waals surface area contributed by atoms with Gasteiger partial charge in [-0.15, -0.1) is 11.3 Å². The van der Waals surface area contributed by atoms with Crippen molar-refractivity contribution in [2.75, 3.05) is 16.8 Å². The topological polar surface area (TPSA) is 82.4 Å². The average Bonchev–Trinajstić information content (AvgIpc) is 2.88. The van der Waals surface area contributed by atoms with Gasteiger partial charge in [0.15, 0.2) is 6.10 Å². The van der Waals surface area contributed by atoms with Crippen molar-refractivity contribution in [2.45, 2.75) is 33.3 Å². The molecule has 1 aliphatic heterocycles. The molecule has 1 aromatic carbocycles. The first-order valence-electron chi connectivity index (χ1n) is 8.29. The highest BCUT2D eigenvalue weighted by Crippen LogP contribution is 2.34. The average molecular weight is 369 g/mol. The highest BCUT2D eigenvalue weighted by Gasteiger charge is 2.31. The Hall–Kier alpha value is -2.85. The van der Waals surface area contributed by atoms with Gasteiger partial charge in [0, 0.05) is 17.8 Å². The molecule has 0 bridgehead atoms. The van der Waals surface area contributed by atoms with Crippen LogP contribution in [0.3, 0.4) is 0 Å². The zero-order valence-electron chi connectivity index (χ0n) is 14.8. The molecule has 7 heteroatoms. The third-order valence-corrected chi connectivity index (χ3v) is 5.51. The van der Waals surface area contributed by atoms with Crippen LogP contribution >= 0.6 is 11.3 Å². The Morgan fingerprint density at radius 2 is 2.12 bits per heavy atom. The summed E-state index contributed by atoms with van der Waals surface area (Å²) in [5.41, 5.74) is 2.06. The molecule has 3 rings (SSSR count). The maximum absolute atomic E-state index is 12.4. The summed E-state index contributed by atoms with van der Waals surface area (Å²) in [4.78, 5) is 27.4. The van der Waals surface area contributed by atoms with E-state index in [1.165, 1.54) is 11.3 Å². The number of carbonyl (C=O) groups excluding carboxylic acids is 2. The smallest absolute Gasteiger partial charge is 0.267 e. The van der Waals surface area contributed by atoms with Crippen molar-refractivity contribution >= 4 is 33.8 Å². The summed E-state index contributed by atoms with van der Waals surface area (Å²) in [6.45, 7) is 5.73. The van der Waals surface area contributed by atoms with E-state index in [4.69, 9.17) is 4.74 Å². The van der Waals surface area contributed by atoms with Crippen LogP contribution in [0.4, 0.5) is 10.7 Å². The second kappa shape index (κ2) is 7.18. The number of hydrogen-bond acceptors (Lipinski definition) is 5. The van der Waals surface area contributed by atoms with Crippen LogP contribution in [0.1, 0.15) is 29.3 Å². The highest BCUT2D eigenvalue weighted by atomic mass is 32.1. The van der Waals surface area contributed by atoms with Crippen LogP contribution in [-0.4, -0.2) is 24.5 Å². The number of anilines is 2. The number of para-hydroxylation sites is 2. The molecule has 1 N–H and O–H groups in total. The van der Waals surface area contributed by atoms with Crippen molar-refractivity contribution in [3.8, 4) is 11.8 Å². The Balaban J connectivity index is 1.71. The van der Waals surface area contributed by atoms with Crippen LogP contribution in [0.2, 0.25) is 0 Å². The van der Waals surface area contributed by atoms with Gasteiger partial charge >= 0.3 is 0 Å². The zero-order chi connectivity index (χ0) is 18.8. The molecule has 1 atom stereocenters. The van der Waals surface area contributed by atoms with E-state index in [1.54, 1.807) is 17.9 Å². The third-order valence-electron chi connectivity index (χ3n) is 4.39. The lowest BCUT2D eigenvalue weighted by Crippen LogP contribution is -2.45. The van der Waals surface area contributed by atoms with Crippen molar-refractivity contribution in [1.29, 1.82) is 5.26 Å². The van der Waals surface area contributed by atoms with Crippen LogP contribution in [-0.2, 0) is 9.59 Å². The van der Waals surface area contributed by atoms with Gasteiger partial charge in [0.2, 0.25) is 5.91 Å². The molecule has 0 saturated heterocycles. The Kier molecular flexibility index (Phi) is 4.96. The van der Waals surface area contributed by atoms with Crippen LogP contribution in [0.25, 0.3) is 0 Å². The number of aryl methyl sites for hydroxylation is 1. The molecule has 0 saturated carbocycles. The van der Waals surface area contributed by atoms with Gasteiger partial charge in [-0.3, -0.25) is 9.59 Å². The Morgan fingerprint density at radius 1 is 1.38 bits per heavy atom. The van der Waals surface area contributed by atoms with Crippen molar-refractivity contribution in [3.63, 3.8) is 0 Å². The number of nitrogens with zero attached hydrogens (tertiary/aromatic N) is 2. The number of nitrogens with one attached hydrogen (secondary N) is 1. The second-order valence-corrected chi connectivity index (χ2v) is 7.34. The summed E-state index contributed by atoms with van der Waals surface area (Å²) in [5.74, 6) is 0.237. The normalized spacial score (nSPS) is 15.8. The molecular formula is C19H19N3O3S. The van der Waals surface area contributed by atoms with Crippen LogP contribution in [0.5, 0.6) is 5.75 Å². The molecule has 134 valence electrons. The third kappa shape index (κ3) is 3.28. The van der Waals surface area contributed by atoms with Gasteiger partial charge in [-0.1, -0.05) is 12.1 Å². The van der Waals surface area contributed by atoms with Gasteiger partial charge in [0.25, 0.3) is 5.91 Å². The van der Waals surface area contributed by atoms with Gasteiger partial charge < -0.3 is 15.0 Å². The summed E-state index contributed by atoms with van der Waals surface area (Å²) >= 11 is 1.39. The molecule has 0 fully saturated rings. The van der Waals surface area contributed by atoms with Crippen LogP contribution in [0, 0.1) is 25.2 Å². The molecule has 2 amide bonds. The van der Waals surface area contributed by atoms with E-state index in [0.29, 0.717) is 22.0 Å². The fourth-order valence-corrected chi connectivity index (χ4v) is 3.87. The first kappa shape index (κ1) is 18.0. The molecule has 0 unspecified atom stereocenters. The number of amides is 2. The monoisotopic (exact) mass is 369 g/mol. The van der Waals surface area contributed by atoms with Crippen molar-refractivity contribution in [1.82, 2.24) is 0 Å². The van der Waals surface area contributed by atoms with Gasteiger partial charge in [-0.2, -0.15) is 5.26 Å². The number of rotatable bonds is 4. The van der Waals surface area contributed by atoms with E-state index in [0.717, 1.165) is 10.4 Å². The number of fused-ring (bicyclic) bond motifs is 1. The fourth-order valence-electron chi connectivity index (χ4n) is 2.84. The summed E-state index contributed by atoms with van der Waals surface area (Å²) in [6.07, 6.45) is -0.450. The lowest BCUT2D eigenvalue weighted by molar-refractivity contribution is -0.125. The molecule has 1 aliphatic rings. The largest absolute Gasteiger partial charge is 0.479 e. The van der Waals surface area contributed by atoms with Crippen LogP contribution < -0.4 is 15.0 Å². The van der Waals surface area contributed by atoms with Crippen molar-refractivity contribution in [3.05, 3.63) is 40.3 Å². The van der Waals surface area contributed by atoms with E-state index in [-0.39, 0.29) is 24.8 Å².